The van der Waals surface area contributed by atoms with Crippen molar-refractivity contribution in [3.63, 3.8) is 0 Å². The van der Waals surface area contributed by atoms with Crippen molar-refractivity contribution in [2.45, 2.75) is 20.4 Å². The number of fused-ring (bicyclic) bond motifs is 1. The smallest absolute Gasteiger partial charge is 0.163 e. The van der Waals surface area contributed by atoms with Crippen molar-refractivity contribution < 1.29 is 0 Å². The molecule has 0 atom stereocenters. The Bertz CT molecular complexity index is 523. The normalized spacial score (nSPS) is 12.6. The van der Waals surface area contributed by atoms with Crippen LogP contribution in [-0.4, -0.2) is 9.55 Å². The maximum Gasteiger partial charge on any atom is 0.163 e. The highest BCUT2D eigenvalue weighted by molar-refractivity contribution is 7.16. The first-order valence-electron chi connectivity index (χ1n) is 4.46. The van der Waals surface area contributed by atoms with Gasteiger partial charge < -0.3 is 10.4 Å². The van der Waals surface area contributed by atoms with Crippen LogP contribution in [0.2, 0.25) is 0 Å². The summed E-state index contributed by atoms with van der Waals surface area (Å²) in [6, 6.07) is 2.00. The largest absolute Gasteiger partial charge is 0.321 e. The van der Waals surface area contributed by atoms with Crippen LogP contribution in [-0.2, 0) is 6.54 Å². The Kier molecular flexibility index (Phi) is 2.25. The Morgan fingerprint density at radius 2 is 2.43 bits per heavy atom. The summed E-state index contributed by atoms with van der Waals surface area (Å²) in [4.78, 5) is 5.48. The van der Waals surface area contributed by atoms with Crippen LogP contribution in [0.15, 0.2) is 16.5 Å². The van der Waals surface area contributed by atoms with Crippen molar-refractivity contribution in [2.75, 3.05) is 0 Å². The van der Waals surface area contributed by atoms with Gasteiger partial charge in [0.05, 0.1) is 5.39 Å². The Labute approximate surface area is 85.7 Å². The predicted molar refractivity (Wildman–Crippen MR) is 57.8 cm³/mol. The van der Waals surface area contributed by atoms with Gasteiger partial charge >= 0.3 is 0 Å². The number of hydrogen-bond donors (Lipinski definition) is 1. The van der Waals surface area contributed by atoms with E-state index in [4.69, 9.17) is 5.84 Å². The van der Waals surface area contributed by atoms with Crippen LogP contribution < -0.4 is 11.3 Å². The van der Waals surface area contributed by atoms with E-state index < -0.39 is 0 Å². The molecule has 0 saturated heterocycles. The number of aryl methyl sites for hydroxylation is 1. The van der Waals surface area contributed by atoms with Crippen LogP contribution in [0.5, 0.6) is 0 Å². The zero-order valence-electron chi connectivity index (χ0n) is 8.19. The van der Waals surface area contributed by atoms with Crippen molar-refractivity contribution in [3.05, 3.63) is 22.8 Å². The minimum absolute atomic E-state index is 0.816. The lowest BCUT2D eigenvalue weighted by Crippen LogP contribution is -2.25. The summed E-state index contributed by atoms with van der Waals surface area (Å²) >= 11 is 1.61. The Morgan fingerprint density at radius 1 is 1.64 bits per heavy atom. The van der Waals surface area contributed by atoms with Gasteiger partial charge in [-0.3, -0.25) is 0 Å². The molecular weight excluding hydrogens is 196 g/mol. The van der Waals surface area contributed by atoms with E-state index in [1.807, 2.05) is 22.9 Å². The molecule has 4 nitrogen and oxygen atoms in total. The van der Waals surface area contributed by atoms with Crippen LogP contribution in [0.1, 0.15) is 12.7 Å². The van der Waals surface area contributed by atoms with Gasteiger partial charge in [0.2, 0.25) is 0 Å². The van der Waals surface area contributed by atoms with Crippen LogP contribution in [0.25, 0.3) is 10.2 Å². The minimum atomic E-state index is 0.816. The number of rotatable bonds is 1. The third-order valence-electron chi connectivity index (χ3n) is 2.23. The summed E-state index contributed by atoms with van der Waals surface area (Å²) < 4.78 is 2.01. The molecule has 74 valence electrons. The Morgan fingerprint density at radius 3 is 3.07 bits per heavy atom. The molecule has 0 fully saturated rings. The molecule has 0 saturated carbocycles. The lowest BCUT2D eigenvalue weighted by molar-refractivity contribution is 0.668. The van der Waals surface area contributed by atoms with Crippen molar-refractivity contribution in [3.8, 4) is 0 Å². The summed E-state index contributed by atoms with van der Waals surface area (Å²) in [5.41, 5.74) is 0.816. The number of aromatic nitrogens is 2. The van der Waals surface area contributed by atoms with Crippen molar-refractivity contribution in [1.29, 1.82) is 0 Å². The molecule has 0 aliphatic rings. The zero-order chi connectivity index (χ0) is 10.1. The third kappa shape index (κ3) is 1.21. The van der Waals surface area contributed by atoms with Gasteiger partial charge in [0.15, 0.2) is 5.49 Å². The van der Waals surface area contributed by atoms with Crippen LogP contribution >= 0.6 is 11.3 Å². The molecule has 5 heteroatoms. The number of hydrogen-bond acceptors (Lipinski definition) is 4. The summed E-state index contributed by atoms with van der Waals surface area (Å²) in [7, 11) is 0. The molecule has 0 amide bonds. The second kappa shape index (κ2) is 3.42. The van der Waals surface area contributed by atoms with Gasteiger partial charge in [-0.2, -0.15) is 5.10 Å². The highest BCUT2D eigenvalue weighted by atomic mass is 32.1. The van der Waals surface area contributed by atoms with E-state index in [9.17, 15) is 0 Å². The monoisotopic (exact) mass is 208 g/mol. The number of nitrogens with zero attached hydrogens (tertiary/aromatic N) is 3. The van der Waals surface area contributed by atoms with Gasteiger partial charge in [0.25, 0.3) is 0 Å². The van der Waals surface area contributed by atoms with Crippen molar-refractivity contribution in [1.82, 2.24) is 9.55 Å². The molecule has 2 aromatic heterocycles. The number of thiophene rings is 1. The third-order valence-corrected chi connectivity index (χ3v) is 3.04. The highest BCUT2D eigenvalue weighted by Gasteiger charge is 2.05. The van der Waals surface area contributed by atoms with Gasteiger partial charge in [0.1, 0.15) is 10.7 Å². The first-order valence-corrected chi connectivity index (χ1v) is 5.34. The van der Waals surface area contributed by atoms with Gasteiger partial charge in [-0.1, -0.05) is 0 Å². The van der Waals surface area contributed by atoms with E-state index in [0.29, 0.717) is 0 Å². The van der Waals surface area contributed by atoms with Gasteiger partial charge in [-0.25, -0.2) is 4.98 Å². The van der Waals surface area contributed by atoms with E-state index in [0.717, 1.165) is 28.1 Å². The molecule has 0 aliphatic heterocycles. The summed E-state index contributed by atoms with van der Waals surface area (Å²) in [5, 5.41) is 6.87. The fourth-order valence-corrected chi connectivity index (χ4v) is 2.39. The first kappa shape index (κ1) is 9.21. The Balaban J connectivity index is 2.97. The van der Waals surface area contributed by atoms with Crippen molar-refractivity contribution >= 4 is 21.6 Å². The van der Waals surface area contributed by atoms with Gasteiger partial charge in [-0.05, 0) is 25.3 Å². The molecule has 14 heavy (non-hydrogen) atoms. The summed E-state index contributed by atoms with van der Waals surface area (Å²) in [6.07, 6.45) is 0. The standard InChI is InChI=1S/C9H12N4S/c1-3-13-6(2)11-9-7(4-5-14-9)8(13)12-10/h4-5H,3,10H2,1-2H3/b12-8+. The average molecular weight is 208 g/mol. The molecule has 0 spiro atoms. The number of nitrogens with two attached hydrogens (primary N) is 1. The zero-order valence-corrected chi connectivity index (χ0v) is 9.01. The quantitative estimate of drug-likeness (QED) is 0.565. The summed E-state index contributed by atoms with van der Waals surface area (Å²) in [6.45, 7) is 4.86. The van der Waals surface area contributed by atoms with E-state index in [1.54, 1.807) is 11.3 Å². The molecule has 2 rings (SSSR count). The van der Waals surface area contributed by atoms with Gasteiger partial charge in [-0.15, -0.1) is 11.3 Å². The second-order valence-corrected chi connectivity index (χ2v) is 3.89. The molecule has 0 unspecified atom stereocenters. The fraction of sp³-hybridized carbons (Fsp3) is 0.333. The molecule has 0 bridgehead atoms. The fourth-order valence-electron chi connectivity index (χ4n) is 1.58. The van der Waals surface area contributed by atoms with E-state index >= 15 is 0 Å². The lowest BCUT2D eigenvalue weighted by atomic mass is 10.4. The minimum Gasteiger partial charge on any atom is -0.321 e. The highest BCUT2D eigenvalue weighted by Crippen LogP contribution is 2.14. The Hall–Kier alpha value is -1.36. The maximum absolute atomic E-state index is 5.40. The second-order valence-electron chi connectivity index (χ2n) is 3.00. The first-order chi connectivity index (χ1) is 6.77. The lowest BCUT2D eigenvalue weighted by Gasteiger charge is -2.07. The van der Waals surface area contributed by atoms with Gasteiger partial charge in [0, 0.05) is 6.54 Å². The summed E-state index contributed by atoms with van der Waals surface area (Å²) in [5.74, 6) is 6.35. The topological polar surface area (TPSA) is 56.2 Å². The molecule has 2 aromatic rings. The predicted octanol–water partition coefficient (Wildman–Crippen LogP) is 1.20. The molecule has 2 N–H and O–H groups in total. The SMILES string of the molecule is CCn1c(C)nc2sccc2/c1=N\N. The van der Waals surface area contributed by atoms with Crippen LogP contribution in [0.4, 0.5) is 0 Å². The maximum atomic E-state index is 5.40. The van der Waals surface area contributed by atoms with E-state index in [-0.39, 0.29) is 0 Å². The molecule has 0 aliphatic carbocycles. The van der Waals surface area contributed by atoms with E-state index in [1.165, 1.54) is 0 Å². The molecule has 0 aromatic carbocycles. The molecular formula is C9H12N4S. The molecule has 2 heterocycles. The average Bonchev–Trinajstić information content (AvgIpc) is 2.62. The molecule has 0 radical (unpaired) electrons. The van der Waals surface area contributed by atoms with Crippen LogP contribution in [0.3, 0.4) is 0 Å². The van der Waals surface area contributed by atoms with Crippen molar-refractivity contribution in [2.24, 2.45) is 10.9 Å². The van der Waals surface area contributed by atoms with Crippen LogP contribution in [0, 0.1) is 6.92 Å². The van der Waals surface area contributed by atoms with E-state index in [2.05, 4.69) is 17.0 Å².